The summed E-state index contributed by atoms with van der Waals surface area (Å²) < 4.78 is 12.1. The van der Waals surface area contributed by atoms with Crippen LogP contribution in [0.2, 0.25) is 0 Å². The molecule has 1 unspecified atom stereocenters. The Morgan fingerprint density at radius 2 is 2.13 bits per heavy atom. The maximum atomic E-state index is 11.4. The number of aliphatic hydroxyl groups excluding tert-OH is 1. The van der Waals surface area contributed by atoms with Gasteiger partial charge in [-0.05, 0) is 0 Å². The number of hydrogen-bond acceptors (Lipinski definition) is 9. The highest BCUT2D eigenvalue weighted by Gasteiger charge is 2.16. The standard InChI is InChI=1S/C13H20N6O4/c1-7(2)12(21)22-4-8(3-20)23-6-19-5-16-9-10(14)17-13(15)18-11(9)19/h5,7-8,20H,3-4,6H2,1-2H3,(H4,14,15,17,18). The molecular formula is C13H20N6O4. The van der Waals surface area contributed by atoms with E-state index in [2.05, 4.69) is 15.0 Å². The number of carbonyl (C=O) groups excluding carboxylic acids is 1. The fraction of sp³-hybridized carbons (Fsp3) is 0.538. The van der Waals surface area contributed by atoms with E-state index in [4.69, 9.17) is 20.9 Å². The molecule has 2 heterocycles. The van der Waals surface area contributed by atoms with Gasteiger partial charge in [0.25, 0.3) is 0 Å². The first-order valence-corrected chi connectivity index (χ1v) is 7.05. The number of anilines is 2. The van der Waals surface area contributed by atoms with Crippen molar-refractivity contribution in [1.82, 2.24) is 19.5 Å². The van der Waals surface area contributed by atoms with Crippen LogP contribution in [0.3, 0.4) is 0 Å². The van der Waals surface area contributed by atoms with E-state index in [-0.39, 0.29) is 43.6 Å². The second kappa shape index (κ2) is 7.20. The molecule has 0 spiro atoms. The summed E-state index contributed by atoms with van der Waals surface area (Å²) in [7, 11) is 0. The zero-order chi connectivity index (χ0) is 17.0. The van der Waals surface area contributed by atoms with Crippen LogP contribution in [0.5, 0.6) is 0 Å². The minimum atomic E-state index is -0.660. The van der Waals surface area contributed by atoms with Crippen molar-refractivity contribution < 1.29 is 19.4 Å². The van der Waals surface area contributed by atoms with Crippen LogP contribution in [0.15, 0.2) is 6.33 Å². The van der Waals surface area contributed by atoms with Gasteiger partial charge in [-0.15, -0.1) is 0 Å². The van der Waals surface area contributed by atoms with E-state index in [1.807, 2.05) is 0 Å². The zero-order valence-corrected chi connectivity index (χ0v) is 13.0. The van der Waals surface area contributed by atoms with Crippen molar-refractivity contribution in [3.05, 3.63) is 6.33 Å². The van der Waals surface area contributed by atoms with Crippen LogP contribution < -0.4 is 11.5 Å². The predicted octanol–water partition coefficient (Wildman–Crippen LogP) is -0.475. The maximum Gasteiger partial charge on any atom is 0.308 e. The Kier molecular flexibility index (Phi) is 5.29. The third kappa shape index (κ3) is 4.05. The van der Waals surface area contributed by atoms with Crippen molar-refractivity contribution in [3.8, 4) is 0 Å². The highest BCUT2D eigenvalue weighted by molar-refractivity contribution is 5.82. The third-order valence-corrected chi connectivity index (χ3v) is 3.04. The van der Waals surface area contributed by atoms with E-state index in [9.17, 15) is 9.90 Å². The molecule has 2 aromatic rings. The quantitative estimate of drug-likeness (QED) is 0.573. The van der Waals surface area contributed by atoms with Crippen molar-refractivity contribution in [3.63, 3.8) is 0 Å². The largest absolute Gasteiger partial charge is 0.463 e. The third-order valence-electron chi connectivity index (χ3n) is 3.04. The van der Waals surface area contributed by atoms with Gasteiger partial charge in [0.15, 0.2) is 11.5 Å². The fourth-order valence-corrected chi connectivity index (χ4v) is 1.76. The number of nitrogens with zero attached hydrogens (tertiary/aromatic N) is 4. The summed E-state index contributed by atoms with van der Waals surface area (Å²) in [6, 6.07) is 0. The molecule has 23 heavy (non-hydrogen) atoms. The van der Waals surface area contributed by atoms with Gasteiger partial charge in [-0.25, -0.2) is 4.98 Å². The molecule has 0 saturated heterocycles. The number of rotatable bonds is 7. The van der Waals surface area contributed by atoms with E-state index < -0.39 is 6.10 Å². The molecule has 126 valence electrons. The second-order valence-corrected chi connectivity index (χ2v) is 5.24. The molecule has 0 bridgehead atoms. The molecule has 0 aromatic carbocycles. The molecule has 0 aliphatic carbocycles. The van der Waals surface area contributed by atoms with Crippen LogP contribution in [-0.4, -0.2) is 49.9 Å². The molecule has 0 aliphatic rings. The number of hydrogen-bond donors (Lipinski definition) is 3. The van der Waals surface area contributed by atoms with E-state index in [0.29, 0.717) is 11.2 Å². The molecule has 0 fully saturated rings. The van der Waals surface area contributed by atoms with Gasteiger partial charge in [0.1, 0.15) is 25.0 Å². The predicted molar refractivity (Wildman–Crippen MR) is 81.9 cm³/mol. The molecule has 0 amide bonds. The van der Waals surface area contributed by atoms with Crippen molar-refractivity contribution in [1.29, 1.82) is 0 Å². The summed E-state index contributed by atoms with van der Waals surface area (Å²) >= 11 is 0. The minimum Gasteiger partial charge on any atom is -0.463 e. The van der Waals surface area contributed by atoms with E-state index in [1.54, 1.807) is 18.4 Å². The van der Waals surface area contributed by atoms with Gasteiger partial charge in [-0.2, -0.15) is 9.97 Å². The first kappa shape index (κ1) is 16.9. The number of aliphatic hydroxyl groups is 1. The maximum absolute atomic E-state index is 11.4. The molecule has 2 aromatic heterocycles. The lowest BCUT2D eigenvalue weighted by molar-refractivity contribution is -0.154. The first-order valence-electron chi connectivity index (χ1n) is 7.05. The average Bonchev–Trinajstić information content (AvgIpc) is 2.90. The Labute approximate surface area is 132 Å². The summed E-state index contributed by atoms with van der Waals surface area (Å²) in [5.74, 6) is -0.389. The number of fused-ring (bicyclic) bond motifs is 1. The second-order valence-electron chi connectivity index (χ2n) is 5.24. The van der Waals surface area contributed by atoms with Gasteiger partial charge in [0.05, 0.1) is 18.9 Å². The molecule has 0 saturated carbocycles. The summed E-state index contributed by atoms with van der Waals surface area (Å²) in [6.07, 6.45) is 0.815. The minimum absolute atomic E-state index is 0.0290. The molecule has 10 heteroatoms. The Morgan fingerprint density at radius 3 is 2.78 bits per heavy atom. The molecule has 5 N–H and O–H groups in total. The van der Waals surface area contributed by atoms with Gasteiger partial charge in [-0.3, -0.25) is 9.36 Å². The van der Waals surface area contributed by atoms with E-state index >= 15 is 0 Å². The number of ether oxygens (including phenoxy) is 2. The summed E-state index contributed by atoms with van der Waals surface area (Å²) in [5.41, 5.74) is 12.1. The summed E-state index contributed by atoms with van der Waals surface area (Å²) in [5, 5.41) is 9.30. The number of nitrogens with two attached hydrogens (primary N) is 2. The molecule has 10 nitrogen and oxygen atoms in total. The van der Waals surface area contributed by atoms with E-state index in [0.717, 1.165) is 0 Å². The molecule has 1 atom stereocenters. The number of nitrogen functional groups attached to an aromatic ring is 2. The van der Waals surface area contributed by atoms with Crippen molar-refractivity contribution >= 4 is 28.9 Å². The lowest BCUT2D eigenvalue weighted by atomic mass is 10.2. The van der Waals surface area contributed by atoms with Crippen molar-refractivity contribution in [2.75, 3.05) is 24.7 Å². The lowest BCUT2D eigenvalue weighted by Gasteiger charge is -2.16. The lowest BCUT2D eigenvalue weighted by Crippen LogP contribution is -2.28. The zero-order valence-electron chi connectivity index (χ0n) is 13.0. The Hall–Kier alpha value is -2.46. The number of aromatic nitrogens is 4. The number of esters is 1. The van der Waals surface area contributed by atoms with Crippen LogP contribution in [0.4, 0.5) is 11.8 Å². The summed E-state index contributed by atoms with van der Waals surface area (Å²) in [4.78, 5) is 23.4. The van der Waals surface area contributed by atoms with Crippen LogP contribution in [0.1, 0.15) is 13.8 Å². The van der Waals surface area contributed by atoms with Crippen LogP contribution in [0, 0.1) is 5.92 Å². The van der Waals surface area contributed by atoms with Gasteiger partial charge in [0.2, 0.25) is 5.95 Å². The molecule has 0 aliphatic heterocycles. The van der Waals surface area contributed by atoms with Gasteiger partial charge in [0, 0.05) is 0 Å². The first-order chi connectivity index (χ1) is 10.9. The Bertz CT molecular complexity index is 686. The van der Waals surface area contributed by atoms with Gasteiger partial charge in [-0.1, -0.05) is 13.8 Å². The average molecular weight is 324 g/mol. The van der Waals surface area contributed by atoms with Crippen LogP contribution >= 0.6 is 0 Å². The van der Waals surface area contributed by atoms with Crippen LogP contribution in [0.25, 0.3) is 11.2 Å². The van der Waals surface area contributed by atoms with Crippen molar-refractivity contribution in [2.45, 2.75) is 26.7 Å². The highest BCUT2D eigenvalue weighted by Crippen LogP contribution is 2.17. The fourth-order valence-electron chi connectivity index (χ4n) is 1.76. The highest BCUT2D eigenvalue weighted by atomic mass is 16.6. The molecule has 2 rings (SSSR count). The monoisotopic (exact) mass is 324 g/mol. The van der Waals surface area contributed by atoms with Gasteiger partial charge < -0.3 is 26.0 Å². The number of imidazole rings is 1. The van der Waals surface area contributed by atoms with E-state index in [1.165, 1.54) is 6.33 Å². The Balaban J connectivity index is 2.00. The summed E-state index contributed by atoms with van der Waals surface area (Å²) in [6.45, 7) is 3.15. The van der Waals surface area contributed by atoms with Gasteiger partial charge >= 0.3 is 5.97 Å². The normalized spacial score (nSPS) is 12.7. The SMILES string of the molecule is CC(C)C(=O)OCC(CO)OCn1cnc2c(N)nc(N)nc21. The Morgan fingerprint density at radius 1 is 1.39 bits per heavy atom. The van der Waals surface area contributed by atoms with Crippen molar-refractivity contribution in [2.24, 2.45) is 5.92 Å². The molecule has 0 radical (unpaired) electrons. The molecular weight excluding hydrogens is 304 g/mol. The number of carbonyl (C=O) groups is 1. The smallest absolute Gasteiger partial charge is 0.308 e. The van der Waals surface area contributed by atoms with Crippen LogP contribution in [-0.2, 0) is 21.0 Å². The topological polar surface area (TPSA) is 151 Å².